The van der Waals surface area contributed by atoms with Crippen molar-refractivity contribution < 1.29 is 0 Å². The fraction of sp³-hybridized carbons (Fsp3) is 0.615. The molecule has 1 aromatic rings. The van der Waals surface area contributed by atoms with Crippen LogP contribution in [0.4, 0.5) is 11.6 Å². The van der Waals surface area contributed by atoms with Crippen molar-refractivity contribution in [3.05, 3.63) is 16.1 Å². The molecule has 1 aliphatic carbocycles. The lowest BCUT2D eigenvalue weighted by Crippen LogP contribution is -2.21. The second-order valence-corrected chi connectivity index (χ2v) is 5.57. The van der Waals surface area contributed by atoms with E-state index < -0.39 is 0 Å². The van der Waals surface area contributed by atoms with Crippen molar-refractivity contribution in [1.82, 2.24) is 4.98 Å². The molecular formula is C13H19Cl2N3. The topological polar surface area (TPSA) is 37.0 Å². The molecule has 0 spiro atoms. The number of nitrogens with zero attached hydrogens (tertiary/aromatic N) is 1. The molecule has 0 bridgehead atoms. The Kier molecular flexibility index (Phi) is 4.95. The van der Waals surface area contributed by atoms with E-state index in [2.05, 4.69) is 22.5 Å². The van der Waals surface area contributed by atoms with Gasteiger partial charge in [-0.3, -0.25) is 0 Å². The molecule has 0 radical (unpaired) electrons. The summed E-state index contributed by atoms with van der Waals surface area (Å²) in [5.41, 5.74) is 0. The van der Waals surface area contributed by atoms with Crippen molar-refractivity contribution in [2.75, 3.05) is 23.7 Å². The summed E-state index contributed by atoms with van der Waals surface area (Å²) in [4.78, 5) is 4.45. The van der Waals surface area contributed by atoms with Gasteiger partial charge in [0.25, 0.3) is 0 Å². The average Bonchev–Trinajstić information content (AvgIpc) is 2.28. The SMILES string of the molecule is CCCNc1nc(NCC2CCC2)c(Cl)cc1Cl. The monoisotopic (exact) mass is 287 g/mol. The van der Waals surface area contributed by atoms with Gasteiger partial charge >= 0.3 is 0 Å². The van der Waals surface area contributed by atoms with E-state index in [0.717, 1.165) is 31.2 Å². The summed E-state index contributed by atoms with van der Waals surface area (Å²) in [6.07, 6.45) is 4.99. The average molecular weight is 288 g/mol. The van der Waals surface area contributed by atoms with Gasteiger partial charge in [-0.05, 0) is 31.2 Å². The van der Waals surface area contributed by atoms with E-state index in [1.165, 1.54) is 19.3 Å². The highest BCUT2D eigenvalue weighted by atomic mass is 35.5. The molecule has 5 heteroatoms. The van der Waals surface area contributed by atoms with E-state index >= 15 is 0 Å². The number of hydrogen-bond acceptors (Lipinski definition) is 3. The highest BCUT2D eigenvalue weighted by molar-refractivity contribution is 6.37. The molecule has 3 nitrogen and oxygen atoms in total. The van der Waals surface area contributed by atoms with Crippen molar-refractivity contribution in [2.45, 2.75) is 32.6 Å². The molecule has 1 aromatic heterocycles. The number of anilines is 2. The molecule has 1 heterocycles. The van der Waals surface area contributed by atoms with Crippen LogP contribution in [0, 0.1) is 5.92 Å². The summed E-state index contributed by atoms with van der Waals surface area (Å²) in [6, 6.07) is 1.75. The van der Waals surface area contributed by atoms with Gasteiger partial charge in [0.05, 0.1) is 10.0 Å². The molecule has 0 aliphatic heterocycles. The summed E-state index contributed by atoms with van der Waals surface area (Å²) >= 11 is 12.2. The fourth-order valence-corrected chi connectivity index (χ4v) is 2.39. The Labute approximate surface area is 118 Å². The summed E-state index contributed by atoms with van der Waals surface area (Å²) in [5, 5.41) is 7.68. The van der Waals surface area contributed by atoms with E-state index in [4.69, 9.17) is 23.2 Å². The molecule has 2 rings (SSSR count). The molecule has 0 saturated heterocycles. The van der Waals surface area contributed by atoms with E-state index in [0.29, 0.717) is 15.9 Å². The van der Waals surface area contributed by atoms with Gasteiger partial charge in [-0.2, -0.15) is 0 Å². The summed E-state index contributed by atoms with van der Waals surface area (Å²) < 4.78 is 0. The molecule has 0 atom stereocenters. The minimum Gasteiger partial charge on any atom is -0.369 e. The van der Waals surface area contributed by atoms with E-state index in [-0.39, 0.29) is 0 Å². The fourth-order valence-electron chi connectivity index (χ4n) is 1.90. The Bertz CT molecular complexity index is 405. The predicted molar refractivity (Wildman–Crippen MR) is 78.9 cm³/mol. The van der Waals surface area contributed by atoms with Crippen LogP contribution in [0.3, 0.4) is 0 Å². The molecular weight excluding hydrogens is 269 g/mol. The van der Waals surface area contributed by atoms with Gasteiger partial charge in [-0.1, -0.05) is 36.5 Å². The third-order valence-electron chi connectivity index (χ3n) is 3.25. The normalized spacial score (nSPS) is 15.3. The van der Waals surface area contributed by atoms with Crippen molar-refractivity contribution in [3.8, 4) is 0 Å². The first kappa shape index (κ1) is 13.8. The maximum absolute atomic E-state index is 6.14. The molecule has 0 aromatic carbocycles. The predicted octanol–water partition coefficient (Wildman–Crippen LogP) is 4.42. The minimum absolute atomic E-state index is 0.572. The Hall–Kier alpha value is -0.670. The van der Waals surface area contributed by atoms with Crippen LogP contribution in [0.25, 0.3) is 0 Å². The van der Waals surface area contributed by atoms with Gasteiger partial charge < -0.3 is 10.6 Å². The second-order valence-electron chi connectivity index (χ2n) is 4.75. The largest absolute Gasteiger partial charge is 0.369 e. The highest BCUT2D eigenvalue weighted by Crippen LogP contribution is 2.31. The van der Waals surface area contributed by atoms with Gasteiger partial charge in [0, 0.05) is 13.1 Å². The molecule has 100 valence electrons. The Morgan fingerprint density at radius 3 is 2.44 bits per heavy atom. The molecule has 0 unspecified atom stereocenters. The summed E-state index contributed by atoms with van der Waals surface area (Å²) in [7, 11) is 0. The summed E-state index contributed by atoms with van der Waals surface area (Å²) in [5.74, 6) is 2.20. The number of aromatic nitrogens is 1. The standard InChI is InChI=1S/C13H19Cl2N3/c1-2-6-16-12-10(14)7-11(15)13(18-12)17-8-9-4-3-5-9/h7,9H,2-6,8H2,1H3,(H2,16,17,18). The van der Waals surface area contributed by atoms with Crippen LogP contribution in [0.1, 0.15) is 32.6 Å². The third kappa shape index (κ3) is 3.42. The Morgan fingerprint density at radius 1 is 1.22 bits per heavy atom. The molecule has 1 saturated carbocycles. The van der Waals surface area contributed by atoms with Crippen molar-refractivity contribution >= 4 is 34.8 Å². The number of halogens is 2. The van der Waals surface area contributed by atoms with Gasteiger partial charge in [0.1, 0.15) is 11.6 Å². The van der Waals surface area contributed by atoms with E-state index in [1.54, 1.807) is 6.07 Å². The van der Waals surface area contributed by atoms with Crippen LogP contribution < -0.4 is 10.6 Å². The first-order chi connectivity index (χ1) is 8.70. The Morgan fingerprint density at radius 2 is 1.89 bits per heavy atom. The molecule has 1 aliphatic rings. The maximum Gasteiger partial charge on any atom is 0.147 e. The van der Waals surface area contributed by atoms with Crippen LogP contribution in [0.5, 0.6) is 0 Å². The second kappa shape index (κ2) is 6.48. The molecule has 18 heavy (non-hydrogen) atoms. The van der Waals surface area contributed by atoms with Crippen LogP contribution >= 0.6 is 23.2 Å². The minimum atomic E-state index is 0.572. The van der Waals surface area contributed by atoms with E-state index in [9.17, 15) is 0 Å². The van der Waals surface area contributed by atoms with Crippen LogP contribution in [-0.4, -0.2) is 18.1 Å². The zero-order chi connectivity index (χ0) is 13.0. The Balaban J connectivity index is 2.02. The van der Waals surface area contributed by atoms with Gasteiger partial charge in [0.2, 0.25) is 0 Å². The van der Waals surface area contributed by atoms with Crippen LogP contribution in [0.15, 0.2) is 6.07 Å². The molecule has 0 amide bonds. The number of pyridine rings is 1. The molecule has 2 N–H and O–H groups in total. The third-order valence-corrected chi connectivity index (χ3v) is 3.83. The van der Waals surface area contributed by atoms with Crippen molar-refractivity contribution in [1.29, 1.82) is 0 Å². The lowest BCUT2D eigenvalue weighted by atomic mass is 9.85. The maximum atomic E-state index is 6.14. The quantitative estimate of drug-likeness (QED) is 0.813. The first-order valence-corrected chi connectivity index (χ1v) is 7.30. The van der Waals surface area contributed by atoms with Gasteiger partial charge in [-0.15, -0.1) is 0 Å². The number of nitrogens with one attached hydrogen (secondary N) is 2. The van der Waals surface area contributed by atoms with Crippen molar-refractivity contribution in [3.63, 3.8) is 0 Å². The lowest BCUT2D eigenvalue weighted by molar-refractivity contribution is 0.333. The zero-order valence-corrected chi connectivity index (χ0v) is 12.1. The summed E-state index contributed by atoms with van der Waals surface area (Å²) in [6.45, 7) is 3.91. The van der Waals surface area contributed by atoms with Gasteiger partial charge in [0.15, 0.2) is 0 Å². The smallest absolute Gasteiger partial charge is 0.147 e. The first-order valence-electron chi connectivity index (χ1n) is 6.54. The lowest BCUT2D eigenvalue weighted by Gasteiger charge is -2.26. The van der Waals surface area contributed by atoms with Gasteiger partial charge in [-0.25, -0.2) is 4.98 Å². The number of rotatable bonds is 6. The number of hydrogen-bond donors (Lipinski definition) is 2. The molecule has 1 fully saturated rings. The van der Waals surface area contributed by atoms with E-state index in [1.807, 2.05) is 0 Å². The van der Waals surface area contributed by atoms with Crippen molar-refractivity contribution in [2.24, 2.45) is 5.92 Å². The van der Waals surface area contributed by atoms with Crippen LogP contribution in [0.2, 0.25) is 10.0 Å². The highest BCUT2D eigenvalue weighted by Gasteiger charge is 2.18. The van der Waals surface area contributed by atoms with Crippen LogP contribution in [-0.2, 0) is 0 Å². The zero-order valence-electron chi connectivity index (χ0n) is 10.6.